The number of carbonyl (C=O) groups is 2. The molecule has 0 aliphatic heterocycles. The number of methoxy groups -OCH3 is 1. The lowest BCUT2D eigenvalue weighted by Gasteiger charge is -2.24. The second kappa shape index (κ2) is 6.93. The van der Waals surface area contributed by atoms with Crippen molar-refractivity contribution in [3.8, 4) is 0 Å². The van der Waals surface area contributed by atoms with Crippen LogP contribution in [0.4, 0.5) is 4.79 Å². The fraction of sp³-hybridized carbons (Fsp3) is 0.467. The summed E-state index contributed by atoms with van der Waals surface area (Å²) in [7, 11) is 1.25. The van der Waals surface area contributed by atoms with Gasteiger partial charge in [-0.25, -0.2) is 9.59 Å². The van der Waals surface area contributed by atoms with E-state index in [0.29, 0.717) is 6.42 Å². The summed E-state index contributed by atoms with van der Waals surface area (Å²) in [6, 6.07) is 8.63. The standard InChI is InChI=1S/C15H21NO4/c1-15(2,3)20-13(17)12(16-14(18)19-4)10-11-8-6-5-7-9-11/h5-9,12H,10H2,1-4H3,(H,16,18)/t12-/m1/s1. The number of alkyl carbamates (subject to hydrolysis) is 1. The molecule has 0 aliphatic rings. The van der Waals surface area contributed by atoms with Crippen molar-refractivity contribution in [3.63, 3.8) is 0 Å². The number of ether oxygens (including phenoxy) is 2. The van der Waals surface area contributed by atoms with Gasteiger partial charge < -0.3 is 14.8 Å². The van der Waals surface area contributed by atoms with Gasteiger partial charge in [-0.05, 0) is 26.3 Å². The van der Waals surface area contributed by atoms with Crippen LogP contribution < -0.4 is 5.32 Å². The summed E-state index contributed by atoms with van der Waals surface area (Å²) in [5.41, 5.74) is 0.323. The Balaban J connectivity index is 2.79. The smallest absolute Gasteiger partial charge is 0.407 e. The van der Waals surface area contributed by atoms with E-state index in [9.17, 15) is 9.59 Å². The van der Waals surface area contributed by atoms with Gasteiger partial charge in [-0.15, -0.1) is 0 Å². The molecule has 1 amide bonds. The molecule has 1 aromatic carbocycles. The summed E-state index contributed by atoms with van der Waals surface area (Å²) in [4.78, 5) is 23.5. The monoisotopic (exact) mass is 279 g/mol. The van der Waals surface area contributed by atoms with Gasteiger partial charge in [-0.3, -0.25) is 0 Å². The summed E-state index contributed by atoms with van der Waals surface area (Å²) in [6.07, 6.45) is -0.304. The largest absolute Gasteiger partial charge is 0.458 e. The average Bonchev–Trinajstić information content (AvgIpc) is 2.37. The Bertz CT molecular complexity index is 451. The van der Waals surface area contributed by atoms with Gasteiger partial charge in [0, 0.05) is 6.42 Å². The predicted octanol–water partition coefficient (Wildman–Crippen LogP) is 2.30. The third kappa shape index (κ3) is 5.73. The highest BCUT2D eigenvalue weighted by molar-refractivity contribution is 5.81. The predicted molar refractivity (Wildman–Crippen MR) is 75.3 cm³/mol. The quantitative estimate of drug-likeness (QED) is 0.859. The van der Waals surface area contributed by atoms with E-state index in [4.69, 9.17) is 4.74 Å². The van der Waals surface area contributed by atoms with E-state index in [1.165, 1.54) is 7.11 Å². The van der Waals surface area contributed by atoms with Crippen LogP contribution in [0.2, 0.25) is 0 Å². The van der Waals surface area contributed by atoms with Crippen molar-refractivity contribution in [2.45, 2.75) is 38.8 Å². The molecule has 0 unspecified atom stereocenters. The van der Waals surface area contributed by atoms with Gasteiger partial charge in [-0.2, -0.15) is 0 Å². The van der Waals surface area contributed by atoms with E-state index in [1.807, 2.05) is 30.3 Å². The molecule has 0 heterocycles. The van der Waals surface area contributed by atoms with Crippen LogP contribution in [0.15, 0.2) is 30.3 Å². The molecule has 110 valence electrons. The zero-order valence-electron chi connectivity index (χ0n) is 12.3. The highest BCUT2D eigenvalue weighted by atomic mass is 16.6. The lowest BCUT2D eigenvalue weighted by atomic mass is 10.1. The Morgan fingerprint density at radius 3 is 2.30 bits per heavy atom. The van der Waals surface area contributed by atoms with Crippen LogP contribution in [0.5, 0.6) is 0 Å². The van der Waals surface area contributed by atoms with Crippen molar-refractivity contribution in [1.82, 2.24) is 5.32 Å². The molecule has 0 aromatic heterocycles. The van der Waals surface area contributed by atoms with Crippen LogP contribution in [0.25, 0.3) is 0 Å². The van der Waals surface area contributed by atoms with Crippen LogP contribution in [0.1, 0.15) is 26.3 Å². The number of carbonyl (C=O) groups excluding carboxylic acids is 2. The molecule has 0 saturated heterocycles. The van der Waals surface area contributed by atoms with E-state index >= 15 is 0 Å². The summed E-state index contributed by atoms with van der Waals surface area (Å²) < 4.78 is 9.85. The molecule has 1 atom stereocenters. The van der Waals surface area contributed by atoms with E-state index in [2.05, 4.69) is 10.1 Å². The Labute approximate surface area is 119 Å². The molecule has 5 nitrogen and oxygen atoms in total. The molecule has 1 rings (SSSR count). The fourth-order valence-corrected chi connectivity index (χ4v) is 1.62. The van der Waals surface area contributed by atoms with Gasteiger partial charge in [0.1, 0.15) is 11.6 Å². The average molecular weight is 279 g/mol. The maximum atomic E-state index is 12.1. The maximum Gasteiger partial charge on any atom is 0.407 e. The third-order valence-corrected chi connectivity index (χ3v) is 2.45. The first-order valence-electron chi connectivity index (χ1n) is 6.43. The minimum Gasteiger partial charge on any atom is -0.458 e. The number of esters is 1. The van der Waals surface area contributed by atoms with Crippen molar-refractivity contribution in [2.24, 2.45) is 0 Å². The molecule has 1 aromatic rings. The van der Waals surface area contributed by atoms with Gasteiger partial charge in [-0.1, -0.05) is 30.3 Å². The number of hydrogen-bond acceptors (Lipinski definition) is 4. The first kappa shape index (κ1) is 16.0. The topological polar surface area (TPSA) is 64.6 Å². The zero-order valence-corrected chi connectivity index (χ0v) is 12.3. The van der Waals surface area contributed by atoms with Crippen LogP contribution in [0.3, 0.4) is 0 Å². The Kier molecular flexibility index (Phi) is 5.55. The molecule has 0 radical (unpaired) electrons. The molecule has 0 spiro atoms. The molecule has 1 N–H and O–H groups in total. The van der Waals surface area contributed by atoms with Crippen molar-refractivity contribution in [3.05, 3.63) is 35.9 Å². The molecular weight excluding hydrogens is 258 g/mol. The lowest BCUT2D eigenvalue weighted by Crippen LogP contribution is -2.45. The summed E-state index contributed by atoms with van der Waals surface area (Å²) in [5.74, 6) is -0.480. The van der Waals surface area contributed by atoms with Gasteiger partial charge >= 0.3 is 12.1 Å². The Morgan fingerprint density at radius 1 is 1.20 bits per heavy atom. The van der Waals surface area contributed by atoms with E-state index in [-0.39, 0.29) is 0 Å². The minimum atomic E-state index is -0.774. The second-order valence-electron chi connectivity index (χ2n) is 5.41. The first-order chi connectivity index (χ1) is 9.31. The molecule has 0 saturated carbocycles. The number of benzene rings is 1. The van der Waals surface area contributed by atoms with Crippen LogP contribution in [0, 0.1) is 0 Å². The van der Waals surface area contributed by atoms with Crippen LogP contribution in [-0.4, -0.2) is 30.8 Å². The van der Waals surface area contributed by atoms with Crippen molar-refractivity contribution in [1.29, 1.82) is 0 Å². The van der Waals surface area contributed by atoms with Crippen molar-refractivity contribution in [2.75, 3.05) is 7.11 Å². The van der Waals surface area contributed by atoms with Crippen molar-refractivity contribution >= 4 is 12.1 Å². The van der Waals surface area contributed by atoms with E-state index < -0.39 is 23.7 Å². The zero-order chi connectivity index (χ0) is 15.2. The third-order valence-electron chi connectivity index (χ3n) is 2.45. The molecular formula is C15H21NO4. The number of nitrogens with one attached hydrogen (secondary N) is 1. The summed E-state index contributed by atoms with van der Waals surface area (Å²) >= 11 is 0. The fourth-order valence-electron chi connectivity index (χ4n) is 1.62. The number of rotatable bonds is 4. The first-order valence-corrected chi connectivity index (χ1v) is 6.43. The summed E-state index contributed by atoms with van der Waals surface area (Å²) in [6.45, 7) is 5.34. The maximum absolute atomic E-state index is 12.1. The highest BCUT2D eigenvalue weighted by Crippen LogP contribution is 2.11. The normalized spacial score (nSPS) is 12.4. The Morgan fingerprint density at radius 2 is 1.80 bits per heavy atom. The lowest BCUT2D eigenvalue weighted by molar-refractivity contribution is -0.157. The molecule has 0 fully saturated rings. The minimum absolute atomic E-state index is 0.352. The highest BCUT2D eigenvalue weighted by Gasteiger charge is 2.27. The Hall–Kier alpha value is -2.04. The molecule has 20 heavy (non-hydrogen) atoms. The molecule has 0 aliphatic carbocycles. The van der Waals surface area contributed by atoms with Crippen molar-refractivity contribution < 1.29 is 19.1 Å². The van der Waals surface area contributed by atoms with Crippen LogP contribution in [-0.2, 0) is 20.7 Å². The summed E-state index contributed by atoms with van der Waals surface area (Å²) in [5, 5.41) is 2.50. The van der Waals surface area contributed by atoms with Crippen LogP contribution >= 0.6 is 0 Å². The molecule has 5 heteroatoms. The van der Waals surface area contributed by atoms with Gasteiger partial charge in [0.25, 0.3) is 0 Å². The SMILES string of the molecule is COC(=O)N[C@H](Cc1ccccc1)C(=O)OC(C)(C)C. The van der Waals surface area contributed by atoms with Gasteiger partial charge in [0.05, 0.1) is 7.11 Å². The van der Waals surface area contributed by atoms with E-state index in [1.54, 1.807) is 20.8 Å². The molecule has 0 bridgehead atoms. The van der Waals surface area contributed by atoms with E-state index in [0.717, 1.165) is 5.56 Å². The number of amides is 1. The van der Waals surface area contributed by atoms with Gasteiger partial charge in [0.2, 0.25) is 0 Å². The number of hydrogen-bond donors (Lipinski definition) is 1. The van der Waals surface area contributed by atoms with Gasteiger partial charge in [0.15, 0.2) is 0 Å². The second-order valence-corrected chi connectivity index (χ2v) is 5.41.